The third-order valence-electron chi connectivity index (χ3n) is 2.47. The molecule has 4 nitrogen and oxygen atoms in total. The van der Waals surface area contributed by atoms with Crippen LogP contribution in [0.5, 0.6) is 0 Å². The normalized spacial score (nSPS) is 10.2. The molecule has 0 bridgehead atoms. The van der Waals surface area contributed by atoms with Gasteiger partial charge < -0.3 is 0 Å². The number of amides is 1. The number of nitrogens with zero attached hydrogens (tertiary/aromatic N) is 1. The molecule has 0 unspecified atom stereocenters. The van der Waals surface area contributed by atoms with Gasteiger partial charge in [-0.2, -0.15) is 0 Å². The number of carbonyl (C=O) groups excluding carboxylic acids is 2. The summed E-state index contributed by atoms with van der Waals surface area (Å²) in [6.45, 7) is 0. The van der Waals surface area contributed by atoms with E-state index in [1.54, 1.807) is 12.1 Å². The first-order valence-electron chi connectivity index (χ1n) is 5.46. The summed E-state index contributed by atoms with van der Waals surface area (Å²) >= 11 is 5.37. The van der Waals surface area contributed by atoms with Crippen molar-refractivity contribution in [2.24, 2.45) is 0 Å². The fourth-order valence-electron chi connectivity index (χ4n) is 1.61. The zero-order chi connectivity index (χ0) is 13.8. The third-order valence-corrected chi connectivity index (χ3v) is 2.71. The average molecular weight is 281 g/mol. The Labute approximate surface area is 113 Å². The molecule has 98 valence electrons. The highest BCUT2D eigenvalue weighted by molar-refractivity contribution is 6.28. The van der Waals surface area contributed by atoms with Gasteiger partial charge in [0.1, 0.15) is 17.4 Å². The highest BCUT2D eigenvalue weighted by Crippen LogP contribution is 2.13. The van der Waals surface area contributed by atoms with E-state index in [-0.39, 0.29) is 17.1 Å². The molecule has 1 aromatic heterocycles. The van der Waals surface area contributed by atoms with Crippen LogP contribution in [0.2, 0.25) is 0 Å². The number of alkyl halides is 1. The van der Waals surface area contributed by atoms with E-state index in [1.807, 2.05) is 0 Å². The summed E-state index contributed by atoms with van der Waals surface area (Å²) in [6.07, 6.45) is 1.48. The second-order valence-electron chi connectivity index (χ2n) is 3.74. The van der Waals surface area contributed by atoms with Crippen LogP contribution in [0.25, 0.3) is 0 Å². The Hall–Kier alpha value is -2.14. The fraction of sp³-hybridized carbons (Fsp3) is 0.0769. The van der Waals surface area contributed by atoms with Gasteiger partial charge in [-0.3, -0.25) is 19.7 Å². The van der Waals surface area contributed by atoms with Gasteiger partial charge in [0.25, 0.3) is 5.91 Å². The lowest BCUT2D eigenvalue weighted by atomic mass is 10.1. The Kier molecular flexibility index (Phi) is 3.97. The van der Waals surface area contributed by atoms with Crippen molar-refractivity contribution in [3.05, 3.63) is 59.7 Å². The monoisotopic (exact) mass is 280 g/mol. The number of aromatic nitrogens is 1. The van der Waals surface area contributed by atoms with Crippen LogP contribution in [-0.2, 0) is 4.79 Å². The SMILES string of the molecule is O=C(CCl)Nn1cccc1C(=O)c1ccccc1F. The van der Waals surface area contributed by atoms with Gasteiger partial charge in [-0.05, 0) is 24.3 Å². The fourth-order valence-corrected chi connectivity index (χ4v) is 1.67. The Morgan fingerprint density at radius 2 is 1.95 bits per heavy atom. The number of halogens is 2. The van der Waals surface area contributed by atoms with Crippen LogP contribution in [0.15, 0.2) is 42.6 Å². The summed E-state index contributed by atoms with van der Waals surface area (Å²) in [6, 6.07) is 8.73. The first-order chi connectivity index (χ1) is 9.13. The van der Waals surface area contributed by atoms with E-state index >= 15 is 0 Å². The minimum Gasteiger partial charge on any atom is -0.287 e. The summed E-state index contributed by atoms with van der Waals surface area (Å²) in [4.78, 5) is 23.4. The van der Waals surface area contributed by atoms with Gasteiger partial charge in [0.2, 0.25) is 5.78 Å². The highest BCUT2D eigenvalue weighted by atomic mass is 35.5. The summed E-state index contributed by atoms with van der Waals surface area (Å²) in [5.74, 6) is -1.81. The molecular formula is C13H10ClFN2O2. The van der Waals surface area contributed by atoms with Crippen LogP contribution >= 0.6 is 11.6 Å². The Morgan fingerprint density at radius 1 is 1.21 bits per heavy atom. The smallest absolute Gasteiger partial charge is 0.253 e. The van der Waals surface area contributed by atoms with Crippen molar-refractivity contribution in [2.45, 2.75) is 0 Å². The van der Waals surface area contributed by atoms with E-state index in [9.17, 15) is 14.0 Å². The largest absolute Gasteiger partial charge is 0.287 e. The molecule has 1 N–H and O–H groups in total. The van der Waals surface area contributed by atoms with Gasteiger partial charge in [0.15, 0.2) is 0 Å². The van der Waals surface area contributed by atoms with Crippen molar-refractivity contribution in [2.75, 3.05) is 11.3 Å². The standard InChI is InChI=1S/C13H10ClFN2O2/c14-8-12(18)16-17-7-3-6-11(17)13(19)9-4-1-2-5-10(9)15/h1-7H,8H2,(H,16,18). The molecule has 2 rings (SSSR count). The molecule has 0 radical (unpaired) electrons. The molecule has 2 aromatic rings. The molecule has 0 atom stereocenters. The van der Waals surface area contributed by atoms with Crippen molar-refractivity contribution in [3.63, 3.8) is 0 Å². The molecule has 0 saturated carbocycles. The van der Waals surface area contributed by atoms with E-state index in [0.29, 0.717) is 0 Å². The Bertz CT molecular complexity index is 625. The van der Waals surface area contributed by atoms with Gasteiger partial charge in [-0.15, -0.1) is 11.6 Å². The summed E-state index contributed by atoms with van der Waals surface area (Å²) in [7, 11) is 0. The molecule has 0 aliphatic carbocycles. The number of hydrogen-bond acceptors (Lipinski definition) is 2. The predicted octanol–water partition coefficient (Wildman–Crippen LogP) is 2.17. The lowest BCUT2D eigenvalue weighted by Crippen LogP contribution is -2.26. The van der Waals surface area contributed by atoms with Crippen molar-refractivity contribution in [1.82, 2.24) is 4.68 Å². The number of ketones is 1. The van der Waals surface area contributed by atoms with Gasteiger partial charge in [0, 0.05) is 6.20 Å². The van der Waals surface area contributed by atoms with Gasteiger partial charge in [-0.25, -0.2) is 4.39 Å². The summed E-state index contributed by atoms with van der Waals surface area (Å²) in [5.41, 5.74) is 2.52. The molecule has 1 amide bonds. The molecule has 0 fully saturated rings. The number of carbonyl (C=O) groups is 2. The lowest BCUT2D eigenvalue weighted by Gasteiger charge is -2.09. The van der Waals surface area contributed by atoms with Gasteiger partial charge in [-0.1, -0.05) is 12.1 Å². The molecule has 6 heteroatoms. The van der Waals surface area contributed by atoms with Crippen LogP contribution in [0.1, 0.15) is 16.1 Å². The summed E-state index contributed by atoms with van der Waals surface area (Å²) < 4.78 is 14.8. The van der Waals surface area contributed by atoms with Crippen molar-refractivity contribution >= 4 is 23.3 Å². The first-order valence-corrected chi connectivity index (χ1v) is 5.99. The van der Waals surface area contributed by atoms with Crippen LogP contribution in [0, 0.1) is 5.82 Å². The van der Waals surface area contributed by atoms with Crippen LogP contribution in [0.4, 0.5) is 4.39 Å². The lowest BCUT2D eigenvalue weighted by molar-refractivity contribution is -0.114. The number of nitrogens with one attached hydrogen (secondary N) is 1. The van der Waals surface area contributed by atoms with E-state index < -0.39 is 17.5 Å². The number of benzene rings is 1. The molecule has 19 heavy (non-hydrogen) atoms. The number of hydrogen-bond donors (Lipinski definition) is 1. The van der Waals surface area contributed by atoms with Gasteiger partial charge >= 0.3 is 0 Å². The van der Waals surface area contributed by atoms with E-state index in [0.717, 1.165) is 0 Å². The predicted molar refractivity (Wildman–Crippen MR) is 69.4 cm³/mol. The minimum absolute atomic E-state index is 0.0532. The molecule has 0 saturated heterocycles. The maximum Gasteiger partial charge on any atom is 0.253 e. The van der Waals surface area contributed by atoms with Crippen molar-refractivity contribution in [1.29, 1.82) is 0 Å². The van der Waals surface area contributed by atoms with E-state index in [2.05, 4.69) is 5.43 Å². The summed E-state index contributed by atoms with van der Waals surface area (Å²) in [5, 5.41) is 0. The second kappa shape index (κ2) is 5.67. The maximum absolute atomic E-state index is 13.6. The average Bonchev–Trinajstić information content (AvgIpc) is 2.86. The van der Waals surface area contributed by atoms with E-state index in [1.165, 1.54) is 35.1 Å². The Morgan fingerprint density at radius 3 is 2.63 bits per heavy atom. The van der Waals surface area contributed by atoms with Gasteiger partial charge in [0.05, 0.1) is 5.56 Å². The van der Waals surface area contributed by atoms with E-state index in [4.69, 9.17) is 11.6 Å². The van der Waals surface area contributed by atoms with Crippen molar-refractivity contribution in [3.8, 4) is 0 Å². The molecule has 0 aliphatic rings. The minimum atomic E-state index is -0.607. The number of rotatable bonds is 4. The zero-order valence-electron chi connectivity index (χ0n) is 9.77. The molecule has 0 spiro atoms. The quantitative estimate of drug-likeness (QED) is 0.689. The van der Waals surface area contributed by atoms with Crippen LogP contribution < -0.4 is 5.43 Å². The topological polar surface area (TPSA) is 51.1 Å². The van der Waals surface area contributed by atoms with Crippen LogP contribution in [0.3, 0.4) is 0 Å². The zero-order valence-corrected chi connectivity index (χ0v) is 10.5. The second-order valence-corrected chi connectivity index (χ2v) is 4.01. The van der Waals surface area contributed by atoms with Crippen LogP contribution in [-0.4, -0.2) is 22.2 Å². The highest BCUT2D eigenvalue weighted by Gasteiger charge is 2.17. The Balaban J connectivity index is 2.33. The first kappa shape index (κ1) is 13.3. The molecule has 0 aliphatic heterocycles. The molecule has 1 aromatic carbocycles. The molecular weight excluding hydrogens is 271 g/mol. The molecule has 1 heterocycles. The van der Waals surface area contributed by atoms with Crippen molar-refractivity contribution < 1.29 is 14.0 Å². The third kappa shape index (κ3) is 2.82. The maximum atomic E-state index is 13.6.